The van der Waals surface area contributed by atoms with Crippen LogP contribution in [0.3, 0.4) is 0 Å². The minimum atomic E-state index is -0.291. The van der Waals surface area contributed by atoms with Crippen molar-refractivity contribution in [3.05, 3.63) is 18.3 Å². The Morgan fingerprint density at radius 2 is 2.36 bits per heavy atom. The number of anilines is 2. The number of aromatic nitrogens is 1. The van der Waals surface area contributed by atoms with Gasteiger partial charge in [0.2, 0.25) is 0 Å². The van der Waals surface area contributed by atoms with Crippen molar-refractivity contribution >= 4 is 11.5 Å². The molecule has 0 radical (unpaired) electrons. The van der Waals surface area contributed by atoms with Crippen LogP contribution >= 0.6 is 0 Å². The van der Waals surface area contributed by atoms with Crippen LogP contribution in [0.5, 0.6) is 0 Å². The van der Waals surface area contributed by atoms with Gasteiger partial charge in [0.05, 0.1) is 6.10 Å². The van der Waals surface area contributed by atoms with Gasteiger partial charge in [-0.25, -0.2) is 4.98 Å². The third-order valence-electron chi connectivity index (χ3n) is 2.03. The van der Waals surface area contributed by atoms with Gasteiger partial charge in [0.25, 0.3) is 0 Å². The van der Waals surface area contributed by atoms with Crippen molar-refractivity contribution in [2.75, 3.05) is 24.2 Å². The summed E-state index contributed by atoms with van der Waals surface area (Å²) in [5.41, 5.74) is 0.969. The maximum Gasteiger partial charge on any atom is 0.127 e. The zero-order chi connectivity index (χ0) is 10.4. The molecule has 0 aliphatic carbocycles. The molecule has 4 nitrogen and oxygen atoms in total. The maximum absolute atomic E-state index is 9.35. The molecule has 14 heavy (non-hydrogen) atoms. The molecule has 0 aliphatic rings. The molecule has 0 aliphatic heterocycles. The summed E-state index contributed by atoms with van der Waals surface area (Å²) in [6, 6.07) is 3.78. The summed E-state index contributed by atoms with van der Waals surface area (Å²) in [5.74, 6) is 0.820. The minimum absolute atomic E-state index is 0.291. The first-order chi connectivity index (χ1) is 6.76. The first-order valence-electron chi connectivity index (χ1n) is 4.82. The number of pyridine rings is 1. The number of nitrogens with one attached hydrogen (secondary N) is 2. The largest absolute Gasteiger partial charge is 0.391 e. The van der Waals surface area contributed by atoms with Crippen LogP contribution in [-0.4, -0.2) is 29.8 Å². The highest BCUT2D eigenvalue weighted by Crippen LogP contribution is 2.11. The van der Waals surface area contributed by atoms with E-state index in [-0.39, 0.29) is 6.10 Å². The van der Waals surface area contributed by atoms with Crippen LogP contribution in [0.15, 0.2) is 18.3 Å². The normalized spacial score (nSPS) is 12.2. The number of aliphatic hydroxyl groups is 1. The molecule has 1 unspecified atom stereocenters. The molecule has 0 saturated carbocycles. The molecule has 1 atom stereocenters. The summed E-state index contributed by atoms with van der Waals surface area (Å²) in [5, 5.41) is 15.4. The molecule has 0 aromatic carbocycles. The lowest BCUT2D eigenvalue weighted by molar-refractivity contribution is 0.183. The van der Waals surface area contributed by atoms with E-state index in [2.05, 4.69) is 15.6 Å². The molecule has 0 saturated heterocycles. The first kappa shape index (κ1) is 10.8. The lowest BCUT2D eigenvalue weighted by Gasteiger charge is -2.11. The average Bonchev–Trinajstić information content (AvgIpc) is 2.26. The quantitative estimate of drug-likeness (QED) is 0.663. The van der Waals surface area contributed by atoms with Crippen molar-refractivity contribution in [2.45, 2.75) is 19.4 Å². The van der Waals surface area contributed by atoms with E-state index < -0.39 is 0 Å². The zero-order valence-corrected chi connectivity index (χ0v) is 8.62. The van der Waals surface area contributed by atoms with Crippen LogP contribution in [0.4, 0.5) is 11.5 Å². The topological polar surface area (TPSA) is 57.2 Å². The molecule has 0 spiro atoms. The van der Waals surface area contributed by atoms with E-state index in [0.29, 0.717) is 6.54 Å². The summed E-state index contributed by atoms with van der Waals surface area (Å²) in [6.45, 7) is 2.53. The van der Waals surface area contributed by atoms with E-state index >= 15 is 0 Å². The molecular formula is C10H17N3O. The fraction of sp³-hybridized carbons (Fsp3) is 0.500. The third kappa shape index (κ3) is 3.22. The van der Waals surface area contributed by atoms with Crippen LogP contribution in [0, 0.1) is 0 Å². The Labute approximate surface area is 84.4 Å². The SMILES string of the molecule is CCC(O)CNc1ccnc(NC)c1. The van der Waals surface area contributed by atoms with E-state index in [4.69, 9.17) is 0 Å². The third-order valence-corrected chi connectivity index (χ3v) is 2.03. The van der Waals surface area contributed by atoms with Gasteiger partial charge in [-0.3, -0.25) is 0 Å². The van der Waals surface area contributed by atoms with Crippen LogP contribution in [-0.2, 0) is 0 Å². The Kier molecular flexibility index (Phi) is 4.19. The summed E-state index contributed by atoms with van der Waals surface area (Å²) in [6.07, 6.45) is 2.20. The number of rotatable bonds is 5. The highest BCUT2D eigenvalue weighted by molar-refractivity contribution is 5.51. The Morgan fingerprint density at radius 1 is 1.57 bits per heavy atom. The van der Waals surface area contributed by atoms with Crippen LogP contribution in [0.2, 0.25) is 0 Å². The van der Waals surface area contributed by atoms with E-state index in [1.807, 2.05) is 26.1 Å². The molecule has 1 heterocycles. The molecular weight excluding hydrogens is 178 g/mol. The second kappa shape index (κ2) is 5.44. The summed E-state index contributed by atoms with van der Waals surface area (Å²) >= 11 is 0. The van der Waals surface area contributed by atoms with Crippen molar-refractivity contribution in [3.63, 3.8) is 0 Å². The molecule has 4 heteroatoms. The fourth-order valence-corrected chi connectivity index (χ4v) is 1.06. The molecule has 78 valence electrons. The van der Waals surface area contributed by atoms with Gasteiger partial charge in [-0.2, -0.15) is 0 Å². The van der Waals surface area contributed by atoms with Crippen LogP contribution in [0.1, 0.15) is 13.3 Å². The van der Waals surface area contributed by atoms with Crippen molar-refractivity contribution < 1.29 is 5.11 Å². The Hall–Kier alpha value is -1.29. The van der Waals surface area contributed by atoms with Crippen LogP contribution < -0.4 is 10.6 Å². The van der Waals surface area contributed by atoms with Gasteiger partial charge >= 0.3 is 0 Å². The van der Waals surface area contributed by atoms with E-state index in [1.54, 1.807) is 6.20 Å². The predicted octanol–water partition coefficient (Wildman–Crippen LogP) is 1.31. The van der Waals surface area contributed by atoms with E-state index in [0.717, 1.165) is 17.9 Å². The van der Waals surface area contributed by atoms with Crippen LogP contribution in [0.25, 0.3) is 0 Å². The van der Waals surface area contributed by atoms with E-state index in [1.165, 1.54) is 0 Å². The molecule has 0 amide bonds. The lowest BCUT2D eigenvalue weighted by atomic mass is 10.2. The monoisotopic (exact) mass is 195 g/mol. The number of nitrogens with zero attached hydrogens (tertiary/aromatic N) is 1. The van der Waals surface area contributed by atoms with Gasteiger partial charge in [0.15, 0.2) is 0 Å². The minimum Gasteiger partial charge on any atom is -0.391 e. The molecule has 0 bridgehead atoms. The van der Waals surface area contributed by atoms with Gasteiger partial charge < -0.3 is 15.7 Å². The molecule has 0 fully saturated rings. The van der Waals surface area contributed by atoms with Gasteiger partial charge in [-0.1, -0.05) is 6.92 Å². The smallest absolute Gasteiger partial charge is 0.127 e. The highest BCUT2D eigenvalue weighted by atomic mass is 16.3. The van der Waals surface area contributed by atoms with Crippen molar-refractivity contribution in [2.24, 2.45) is 0 Å². The van der Waals surface area contributed by atoms with Crippen molar-refractivity contribution in [1.82, 2.24) is 4.98 Å². The van der Waals surface area contributed by atoms with Crippen molar-refractivity contribution in [3.8, 4) is 0 Å². The Morgan fingerprint density at radius 3 is 3.00 bits per heavy atom. The number of aliphatic hydroxyl groups excluding tert-OH is 1. The van der Waals surface area contributed by atoms with Gasteiger partial charge in [-0.05, 0) is 12.5 Å². The Bertz CT molecular complexity index is 278. The van der Waals surface area contributed by atoms with Gasteiger partial charge in [-0.15, -0.1) is 0 Å². The Balaban J connectivity index is 2.50. The number of hydrogen-bond acceptors (Lipinski definition) is 4. The molecule has 1 aromatic rings. The van der Waals surface area contributed by atoms with E-state index in [9.17, 15) is 5.11 Å². The fourth-order valence-electron chi connectivity index (χ4n) is 1.06. The van der Waals surface area contributed by atoms with Gasteiger partial charge in [0, 0.05) is 31.5 Å². The maximum atomic E-state index is 9.35. The standard InChI is InChI=1S/C10H17N3O/c1-3-9(14)7-13-8-4-5-12-10(6-8)11-2/h4-6,9,14H,3,7H2,1-2H3,(H2,11,12,13). The average molecular weight is 195 g/mol. The molecule has 1 aromatic heterocycles. The van der Waals surface area contributed by atoms with Gasteiger partial charge in [0.1, 0.15) is 5.82 Å². The lowest BCUT2D eigenvalue weighted by Crippen LogP contribution is -2.18. The highest BCUT2D eigenvalue weighted by Gasteiger charge is 2.00. The first-order valence-corrected chi connectivity index (χ1v) is 4.82. The summed E-state index contributed by atoms with van der Waals surface area (Å²) in [4.78, 5) is 4.09. The second-order valence-electron chi connectivity index (χ2n) is 3.12. The zero-order valence-electron chi connectivity index (χ0n) is 8.62. The second-order valence-corrected chi connectivity index (χ2v) is 3.12. The predicted molar refractivity (Wildman–Crippen MR) is 58.6 cm³/mol. The summed E-state index contributed by atoms with van der Waals surface area (Å²) in [7, 11) is 1.83. The molecule has 3 N–H and O–H groups in total. The molecule has 1 rings (SSSR count). The summed E-state index contributed by atoms with van der Waals surface area (Å²) < 4.78 is 0. The van der Waals surface area contributed by atoms with Crippen molar-refractivity contribution in [1.29, 1.82) is 0 Å². The number of hydrogen-bond donors (Lipinski definition) is 3.